The minimum atomic E-state index is -0.537. The van der Waals surface area contributed by atoms with E-state index in [1.165, 1.54) is 17.0 Å². The van der Waals surface area contributed by atoms with E-state index in [-0.39, 0.29) is 0 Å². The summed E-state index contributed by atoms with van der Waals surface area (Å²) in [7, 11) is 0. The third-order valence-corrected chi connectivity index (χ3v) is 3.64. The smallest absolute Gasteiger partial charge is 0.252 e. The Kier molecular flexibility index (Phi) is 3.94. The van der Waals surface area contributed by atoms with E-state index >= 15 is 0 Å². The highest BCUT2D eigenvalue weighted by atomic mass is 35.5. The van der Waals surface area contributed by atoms with Crippen LogP contribution in [-0.2, 0) is 6.54 Å². The lowest BCUT2D eigenvalue weighted by Crippen LogP contribution is -2.15. The van der Waals surface area contributed by atoms with E-state index in [2.05, 4.69) is 34.6 Å². The number of rotatable bonds is 4. The maximum Gasteiger partial charge on any atom is 0.252 e. The van der Waals surface area contributed by atoms with Crippen molar-refractivity contribution in [3.8, 4) is 0 Å². The van der Waals surface area contributed by atoms with E-state index in [0.717, 1.165) is 5.56 Å². The number of halogens is 1. The number of hydrogen-bond donors (Lipinski definition) is 2. The molecule has 1 amide bonds. The monoisotopic (exact) mass is 311 g/mol. The number of hydrogen-bond acceptors (Lipinski definition) is 3. The summed E-state index contributed by atoms with van der Waals surface area (Å²) in [6, 6.07) is 16.0. The summed E-state index contributed by atoms with van der Waals surface area (Å²) in [5.41, 5.74) is 7.35. The first kappa shape index (κ1) is 14.4. The van der Waals surface area contributed by atoms with Crippen LogP contribution in [0.25, 0.3) is 10.8 Å². The van der Waals surface area contributed by atoms with Crippen LogP contribution in [0.5, 0.6) is 0 Å². The van der Waals surface area contributed by atoms with Crippen LogP contribution in [0.4, 0.5) is 5.69 Å². The van der Waals surface area contributed by atoms with Gasteiger partial charge in [-0.1, -0.05) is 48.0 Å². The summed E-state index contributed by atoms with van der Waals surface area (Å²) in [6.45, 7) is 0.561. The molecule has 0 unspecified atom stereocenters. The average molecular weight is 312 g/mol. The number of nitrogens with one attached hydrogen (secondary N) is 1. The molecule has 1 heterocycles. The van der Waals surface area contributed by atoms with Crippen molar-refractivity contribution in [1.29, 1.82) is 0 Å². The van der Waals surface area contributed by atoms with Gasteiger partial charge in [-0.3, -0.25) is 4.79 Å². The van der Waals surface area contributed by atoms with Gasteiger partial charge in [0.05, 0.1) is 11.3 Å². The third kappa shape index (κ3) is 3.02. The van der Waals surface area contributed by atoms with E-state index in [1.54, 1.807) is 6.07 Å². The second kappa shape index (κ2) is 6.03. The van der Waals surface area contributed by atoms with Crippen LogP contribution < -0.4 is 11.1 Å². The lowest BCUT2D eigenvalue weighted by atomic mass is 10.1. The molecule has 0 aliphatic rings. The third-order valence-electron chi connectivity index (χ3n) is 3.43. The number of primary amides is 1. The number of nitrogens with two attached hydrogens (primary N) is 1. The minimum Gasteiger partial charge on any atom is -0.380 e. The zero-order valence-corrected chi connectivity index (χ0v) is 12.5. The maximum atomic E-state index is 11.4. The Labute approximate surface area is 132 Å². The topological polar surface area (TPSA) is 68.0 Å². The Bertz CT molecular complexity index is 848. The molecule has 0 spiro atoms. The quantitative estimate of drug-likeness (QED) is 0.723. The van der Waals surface area contributed by atoms with E-state index < -0.39 is 5.91 Å². The fourth-order valence-corrected chi connectivity index (χ4v) is 2.48. The van der Waals surface area contributed by atoms with Crippen molar-refractivity contribution < 1.29 is 4.79 Å². The van der Waals surface area contributed by atoms with Crippen LogP contribution in [-0.4, -0.2) is 10.9 Å². The SMILES string of the molecule is NC(=O)c1cnc(Cl)cc1NCc1ccc2ccccc2c1. The van der Waals surface area contributed by atoms with E-state index in [1.807, 2.05) is 18.2 Å². The Morgan fingerprint density at radius 1 is 1.14 bits per heavy atom. The first-order valence-corrected chi connectivity index (χ1v) is 7.18. The molecule has 0 radical (unpaired) electrons. The van der Waals surface area contributed by atoms with Gasteiger partial charge in [-0.25, -0.2) is 4.98 Å². The van der Waals surface area contributed by atoms with Gasteiger partial charge < -0.3 is 11.1 Å². The van der Waals surface area contributed by atoms with Gasteiger partial charge in [0.1, 0.15) is 5.15 Å². The highest BCUT2D eigenvalue weighted by Gasteiger charge is 2.09. The van der Waals surface area contributed by atoms with Gasteiger partial charge in [-0.15, -0.1) is 0 Å². The standard InChI is InChI=1S/C17H14ClN3O/c18-16-8-15(14(10-21-16)17(19)22)20-9-11-5-6-12-3-1-2-4-13(12)7-11/h1-8,10H,9H2,(H2,19,22)(H,20,21). The van der Waals surface area contributed by atoms with Crippen molar-refractivity contribution in [3.63, 3.8) is 0 Å². The Morgan fingerprint density at radius 2 is 1.91 bits per heavy atom. The molecule has 3 N–H and O–H groups in total. The highest BCUT2D eigenvalue weighted by Crippen LogP contribution is 2.20. The van der Waals surface area contributed by atoms with Crippen molar-refractivity contribution in [2.75, 3.05) is 5.32 Å². The number of pyridine rings is 1. The molecule has 0 atom stereocenters. The summed E-state index contributed by atoms with van der Waals surface area (Å²) in [5.74, 6) is -0.537. The largest absolute Gasteiger partial charge is 0.380 e. The molecule has 5 heteroatoms. The minimum absolute atomic E-state index is 0.311. The van der Waals surface area contributed by atoms with Crippen LogP contribution in [0.1, 0.15) is 15.9 Å². The molecule has 0 aliphatic carbocycles. The zero-order valence-electron chi connectivity index (χ0n) is 11.7. The Morgan fingerprint density at radius 3 is 2.68 bits per heavy atom. The fourth-order valence-electron chi connectivity index (χ4n) is 2.32. The van der Waals surface area contributed by atoms with Gasteiger partial charge in [0, 0.05) is 12.7 Å². The van der Waals surface area contributed by atoms with E-state index in [9.17, 15) is 4.79 Å². The molecule has 22 heavy (non-hydrogen) atoms. The second-order valence-electron chi connectivity index (χ2n) is 4.95. The zero-order chi connectivity index (χ0) is 15.5. The second-order valence-corrected chi connectivity index (χ2v) is 5.34. The van der Waals surface area contributed by atoms with Crippen molar-refractivity contribution >= 4 is 34.0 Å². The molecule has 1 aromatic heterocycles. The van der Waals surface area contributed by atoms with Crippen LogP contribution in [0.15, 0.2) is 54.7 Å². The summed E-state index contributed by atoms with van der Waals surface area (Å²) in [4.78, 5) is 15.3. The summed E-state index contributed by atoms with van der Waals surface area (Å²) < 4.78 is 0. The first-order valence-electron chi connectivity index (χ1n) is 6.80. The summed E-state index contributed by atoms with van der Waals surface area (Å²) in [6.07, 6.45) is 1.38. The number of aromatic nitrogens is 1. The molecule has 0 saturated carbocycles. The lowest BCUT2D eigenvalue weighted by Gasteiger charge is -2.11. The van der Waals surface area contributed by atoms with E-state index in [4.69, 9.17) is 17.3 Å². The normalized spacial score (nSPS) is 10.6. The fraction of sp³-hybridized carbons (Fsp3) is 0.0588. The van der Waals surface area contributed by atoms with Crippen LogP contribution in [0.2, 0.25) is 5.15 Å². The number of benzene rings is 2. The molecule has 0 aliphatic heterocycles. The predicted octanol–water partition coefficient (Wildman–Crippen LogP) is 3.60. The molecule has 4 nitrogen and oxygen atoms in total. The van der Waals surface area contributed by atoms with Gasteiger partial charge in [0.25, 0.3) is 5.91 Å². The van der Waals surface area contributed by atoms with Crippen molar-refractivity contribution in [2.24, 2.45) is 5.73 Å². The number of nitrogens with zero attached hydrogens (tertiary/aromatic N) is 1. The lowest BCUT2D eigenvalue weighted by molar-refractivity contribution is 0.100. The summed E-state index contributed by atoms with van der Waals surface area (Å²) in [5, 5.41) is 5.86. The van der Waals surface area contributed by atoms with Gasteiger partial charge in [-0.2, -0.15) is 0 Å². The Balaban J connectivity index is 1.84. The molecule has 0 bridgehead atoms. The van der Waals surface area contributed by atoms with Crippen LogP contribution >= 0.6 is 11.6 Å². The number of fused-ring (bicyclic) bond motifs is 1. The predicted molar refractivity (Wildman–Crippen MR) is 89.0 cm³/mol. The van der Waals surface area contributed by atoms with E-state index in [0.29, 0.717) is 22.9 Å². The molecular weight excluding hydrogens is 298 g/mol. The van der Waals surface area contributed by atoms with Crippen molar-refractivity contribution in [3.05, 3.63) is 71.0 Å². The van der Waals surface area contributed by atoms with Crippen molar-refractivity contribution in [2.45, 2.75) is 6.54 Å². The molecule has 3 aromatic rings. The number of carbonyl (C=O) groups is 1. The van der Waals surface area contributed by atoms with Gasteiger partial charge in [0.2, 0.25) is 0 Å². The number of amides is 1. The van der Waals surface area contributed by atoms with Gasteiger partial charge in [-0.05, 0) is 28.5 Å². The molecule has 0 saturated heterocycles. The van der Waals surface area contributed by atoms with Crippen molar-refractivity contribution in [1.82, 2.24) is 4.98 Å². The molecule has 2 aromatic carbocycles. The number of anilines is 1. The maximum absolute atomic E-state index is 11.4. The molecule has 110 valence electrons. The van der Waals surface area contributed by atoms with Crippen LogP contribution in [0.3, 0.4) is 0 Å². The first-order chi connectivity index (χ1) is 10.6. The molecular formula is C17H14ClN3O. The number of carbonyl (C=O) groups excluding carboxylic acids is 1. The van der Waals surface area contributed by atoms with Gasteiger partial charge >= 0.3 is 0 Å². The Hall–Kier alpha value is -2.59. The average Bonchev–Trinajstić information content (AvgIpc) is 2.52. The van der Waals surface area contributed by atoms with Crippen LogP contribution in [0, 0.1) is 0 Å². The molecule has 3 rings (SSSR count). The van der Waals surface area contributed by atoms with Gasteiger partial charge in [0.15, 0.2) is 0 Å². The highest BCUT2D eigenvalue weighted by molar-refractivity contribution is 6.29. The summed E-state index contributed by atoms with van der Waals surface area (Å²) >= 11 is 5.88. The molecule has 0 fully saturated rings.